The number of rotatable bonds is 4. The first-order valence-corrected chi connectivity index (χ1v) is 10.4. The molecule has 1 N–H and O–H groups in total. The fraction of sp³-hybridized carbons (Fsp3) is 0.909. The molecule has 2 atom stereocenters. The van der Waals surface area contributed by atoms with Gasteiger partial charge in [-0.1, -0.05) is 6.92 Å². The average Bonchev–Trinajstić information content (AvgIpc) is 2.87. The van der Waals surface area contributed by atoms with E-state index in [1.807, 2.05) is 0 Å². The predicted molar refractivity (Wildman–Crippen MR) is 74.4 cm³/mol. The van der Waals surface area contributed by atoms with Gasteiger partial charge in [-0.2, -0.15) is 0 Å². The first-order chi connectivity index (χ1) is 9.22. The van der Waals surface area contributed by atoms with Crippen LogP contribution in [0.4, 0.5) is 0 Å². The van der Waals surface area contributed by atoms with E-state index in [9.17, 15) is 21.6 Å². The van der Waals surface area contributed by atoms with E-state index in [-0.39, 0.29) is 41.4 Å². The molecule has 0 aliphatic carbocycles. The summed E-state index contributed by atoms with van der Waals surface area (Å²) in [4.78, 5) is 12.0. The molecule has 0 aromatic rings. The molecule has 2 unspecified atom stereocenters. The maximum absolute atomic E-state index is 12.0. The third kappa shape index (κ3) is 3.70. The van der Waals surface area contributed by atoms with Crippen LogP contribution in [-0.2, 0) is 24.5 Å². The fourth-order valence-electron chi connectivity index (χ4n) is 2.62. The first kappa shape index (κ1) is 15.7. The van der Waals surface area contributed by atoms with Gasteiger partial charge >= 0.3 is 0 Å². The second-order valence-electron chi connectivity index (χ2n) is 5.40. The Labute approximate surface area is 119 Å². The number of hydrazine groups is 1. The summed E-state index contributed by atoms with van der Waals surface area (Å²) >= 11 is 0. The molecule has 1 amide bonds. The van der Waals surface area contributed by atoms with E-state index in [0.29, 0.717) is 12.8 Å². The SMILES string of the molecule is CCC(=O)N(NC1CCS(=O)(=O)C1)C1CCS(=O)(=O)C1. The molecule has 0 aromatic carbocycles. The van der Waals surface area contributed by atoms with Crippen LogP contribution >= 0.6 is 0 Å². The van der Waals surface area contributed by atoms with Gasteiger partial charge in [0.2, 0.25) is 5.91 Å². The van der Waals surface area contributed by atoms with Crippen LogP contribution in [0, 0.1) is 0 Å². The molecule has 7 nitrogen and oxygen atoms in total. The molecule has 0 saturated carbocycles. The highest BCUT2D eigenvalue weighted by Crippen LogP contribution is 2.19. The second-order valence-corrected chi connectivity index (χ2v) is 9.86. The second kappa shape index (κ2) is 5.61. The van der Waals surface area contributed by atoms with Crippen LogP contribution < -0.4 is 5.43 Å². The molecule has 2 saturated heterocycles. The molecule has 20 heavy (non-hydrogen) atoms. The summed E-state index contributed by atoms with van der Waals surface area (Å²) in [5.41, 5.74) is 2.94. The number of hydrogen-bond acceptors (Lipinski definition) is 6. The number of carbonyl (C=O) groups is 1. The van der Waals surface area contributed by atoms with E-state index in [0.717, 1.165) is 0 Å². The molecule has 2 aliphatic rings. The molecular formula is C11H20N2O5S2. The van der Waals surface area contributed by atoms with Crippen molar-refractivity contribution in [1.82, 2.24) is 10.4 Å². The molecule has 9 heteroatoms. The van der Waals surface area contributed by atoms with E-state index in [2.05, 4.69) is 5.43 Å². The van der Waals surface area contributed by atoms with Crippen LogP contribution in [0.3, 0.4) is 0 Å². The summed E-state index contributed by atoms with van der Waals surface area (Å²) in [5, 5.41) is 1.36. The third-order valence-electron chi connectivity index (χ3n) is 3.70. The van der Waals surface area contributed by atoms with Crippen LogP contribution in [0.15, 0.2) is 0 Å². The van der Waals surface area contributed by atoms with Gasteiger partial charge in [-0.15, -0.1) is 0 Å². The Balaban J connectivity index is 2.07. The van der Waals surface area contributed by atoms with Gasteiger partial charge in [0.05, 0.1) is 29.1 Å². The lowest BCUT2D eigenvalue weighted by Crippen LogP contribution is -2.54. The van der Waals surface area contributed by atoms with Crippen molar-refractivity contribution in [3.63, 3.8) is 0 Å². The van der Waals surface area contributed by atoms with Crippen molar-refractivity contribution in [2.24, 2.45) is 0 Å². The van der Waals surface area contributed by atoms with Crippen molar-refractivity contribution in [3.8, 4) is 0 Å². The Hall–Kier alpha value is -0.670. The average molecular weight is 324 g/mol. The Morgan fingerprint density at radius 2 is 1.70 bits per heavy atom. The normalized spacial score (nSPS) is 31.2. The Bertz CT molecular complexity index is 584. The minimum absolute atomic E-state index is 0.0000354. The Morgan fingerprint density at radius 3 is 2.15 bits per heavy atom. The third-order valence-corrected chi connectivity index (χ3v) is 7.22. The predicted octanol–water partition coefficient (Wildman–Crippen LogP) is -0.896. The van der Waals surface area contributed by atoms with Crippen LogP contribution in [0.25, 0.3) is 0 Å². The molecule has 0 spiro atoms. The lowest BCUT2D eigenvalue weighted by molar-refractivity contribution is -0.137. The number of nitrogens with one attached hydrogen (secondary N) is 1. The van der Waals surface area contributed by atoms with Crippen molar-refractivity contribution in [2.75, 3.05) is 23.0 Å². The van der Waals surface area contributed by atoms with Crippen molar-refractivity contribution >= 4 is 25.6 Å². The van der Waals surface area contributed by atoms with Crippen molar-refractivity contribution in [3.05, 3.63) is 0 Å². The summed E-state index contributed by atoms with van der Waals surface area (Å²) in [6.07, 6.45) is 1.11. The van der Waals surface area contributed by atoms with Gasteiger partial charge in [0.25, 0.3) is 0 Å². The Morgan fingerprint density at radius 1 is 1.10 bits per heavy atom. The van der Waals surface area contributed by atoms with Crippen molar-refractivity contribution < 1.29 is 21.6 Å². The van der Waals surface area contributed by atoms with Crippen LogP contribution in [-0.4, -0.2) is 62.8 Å². The summed E-state index contributed by atoms with van der Waals surface area (Å²) < 4.78 is 46.0. The zero-order valence-corrected chi connectivity index (χ0v) is 13.0. The monoisotopic (exact) mass is 324 g/mol. The lowest BCUT2D eigenvalue weighted by Gasteiger charge is -2.31. The number of amides is 1. The van der Waals surface area contributed by atoms with E-state index in [1.165, 1.54) is 5.01 Å². The molecule has 0 aromatic heterocycles. The van der Waals surface area contributed by atoms with E-state index >= 15 is 0 Å². The fourth-order valence-corrected chi connectivity index (χ4v) is 5.99. The molecule has 2 aliphatic heterocycles. The highest BCUT2D eigenvalue weighted by Gasteiger charge is 2.37. The van der Waals surface area contributed by atoms with Gasteiger partial charge in [0.15, 0.2) is 19.7 Å². The number of hydrogen-bond donors (Lipinski definition) is 1. The number of carbonyl (C=O) groups excluding carboxylic acids is 1. The topological polar surface area (TPSA) is 101 Å². The Kier molecular flexibility index (Phi) is 4.41. The van der Waals surface area contributed by atoms with E-state index in [4.69, 9.17) is 0 Å². The number of nitrogens with zero attached hydrogens (tertiary/aromatic N) is 1. The molecule has 2 rings (SSSR count). The largest absolute Gasteiger partial charge is 0.274 e. The summed E-state index contributed by atoms with van der Waals surface area (Å²) in [7, 11) is -6.13. The molecule has 0 radical (unpaired) electrons. The van der Waals surface area contributed by atoms with Gasteiger partial charge in [-0.3, -0.25) is 9.80 Å². The zero-order valence-electron chi connectivity index (χ0n) is 11.4. The maximum Gasteiger partial charge on any atom is 0.236 e. The van der Waals surface area contributed by atoms with Gasteiger partial charge < -0.3 is 0 Å². The lowest BCUT2D eigenvalue weighted by atomic mass is 10.2. The standard InChI is InChI=1S/C11H20N2O5S2/c1-2-11(14)13(10-4-6-20(17,18)8-10)12-9-3-5-19(15,16)7-9/h9-10,12H,2-8H2,1H3. The molecule has 2 heterocycles. The zero-order chi connectivity index (χ0) is 15.0. The van der Waals surface area contributed by atoms with Crippen molar-refractivity contribution in [1.29, 1.82) is 0 Å². The number of sulfone groups is 2. The van der Waals surface area contributed by atoms with Gasteiger partial charge in [0, 0.05) is 12.5 Å². The van der Waals surface area contributed by atoms with Crippen molar-refractivity contribution in [2.45, 2.75) is 38.3 Å². The first-order valence-electron chi connectivity index (χ1n) is 6.71. The molecule has 2 fully saturated rings. The van der Waals surface area contributed by atoms with Gasteiger partial charge in [-0.25, -0.2) is 22.3 Å². The molecule has 0 bridgehead atoms. The highest BCUT2D eigenvalue weighted by atomic mass is 32.2. The summed E-state index contributed by atoms with van der Waals surface area (Å²) in [5.74, 6) is -0.0561. The molecular weight excluding hydrogens is 304 g/mol. The smallest absolute Gasteiger partial charge is 0.236 e. The van der Waals surface area contributed by atoms with Crippen LogP contribution in [0.2, 0.25) is 0 Å². The minimum atomic E-state index is -3.09. The van der Waals surface area contributed by atoms with Crippen LogP contribution in [0.1, 0.15) is 26.2 Å². The van der Waals surface area contributed by atoms with Gasteiger partial charge in [0.1, 0.15) is 0 Å². The molecule has 116 valence electrons. The highest BCUT2D eigenvalue weighted by molar-refractivity contribution is 7.91. The van der Waals surface area contributed by atoms with E-state index < -0.39 is 25.7 Å². The minimum Gasteiger partial charge on any atom is -0.274 e. The quantitative estimate of drug-likeness (QED) is 0.673. The van der Waals surface area contributed by atoms with Gasteiger partial charge in [-0.05, 0) is 12.8 Å². The summed E-state index contributed by atoms with van der Waals surface area (Å²) in [6.45, 7) is 1.70. The van der Waals surface area contributed by atoms with E-state index in [1.54, 1.807) is 6.92 Å². The van der Waals surface area contributed by atoms with Crippen LogP contribution in [0.5, 0.6) is 0 Å². The summed E-state index contributed by atoms with van der Waals surface area (Å²) in [6, 6.07) is -0.699. The maximum atomic E-state index is 12.0.